The molecule has 1 heterocycles. The van der Waals surface area contributed by atoms with Crippen molar-refractivity contribution in [3.63, 3.8) is 0 Å². The summed E-state index contributed by atoms with van der Waals surface area (Å²) in [6, 6.07) is 0.245. The Bertz CT molecular complexity index is 293. The van der Waals surface area contributed by atoms with Crippen molar-refractivity contribution in [2.24, 2.45) is 5.92 Å². The van der Waals surface area contributed by atoms with Crippen molar-refractivity contribution in [3.8, 4) is 0 Å². The summed E-state index contributed by atoms with van der Waals surface area (Å²) >= 11 is 1.42. The Morgan fingerprint density at radius 2 is 2.21 bits per heavy atom. The SMILES string of the molecule is C=CC(C)Nc1nc(CC(C)C)ns1. The summed E-state index contributed by atoms with van der Waals surface area (Å²) in [5.74, 6) is 1.54. The van der Waals surface area contributed by atoms with Crippen LogP contribution in [0.4, 0.5) is 5.13 Å². The number of anilines is 1. The second kappa shape index (κ2) is 5.10. The highest BCUT2D eigenvalue weighted by atomic mass is 32.1. The van der Waals surface area contributed by atoms with E-state index in [9.17, 15) is 0 Å². The number of hydrogen-bond donors (Lipinski definition) is 1. The van der Waals surface area contributed by atoms with Gasteiger partial charge in [-0.2, -0.15) is 4.37 Å². The van der Waals surface area contributed by atoms with Crippen LogP contribution in [-0.2, 0) is 6.42 Å². The summed E-state index contributed by atoms with van der Waals surface area (Å²) in [5.41, 5.74) is 0. The van der Waals surface area contributed by atoms with Crippen molar-refractivity contribution < 1.29 is 0 Å². The van der Waals surface area contributed by atoms with E-state index in [4.69, 9.17) is 0 Å². The molecule has 1 N–H and O–H groups in total. The molecule has 78 valence electrons. The average molecular weight is 211 g/mol. The van der Waals surface area contributed by atoms with E-state index < -0.39 is 0 Å². The zero-order valence-corrected chi connectivity index (χ0v) is 9.77. The van der Waals surface area contributed by atoms with Crippen LogP contribution in [0.25, 0.3) is 0 Å². The smallest absolute Gasteiger partial charge is 0.203 e. The van der Waals surface area contributed by atoms with Gasteiger partial charge in [0.1, 0.15) is 5.82 Å². The van der Waals surface area contributed by atoms with Crippen LogP contribution in [0, 0.1) is 5.92 Å². The summed E-state index contributed by atoms with van der Waals surface area (Å²) in [7, 11) is 0. The molecule has 1 rings (SSSR count). The van der Waals surface area contributed by atoms with Crippen LogP contribution in [0.1, 0.15) is 26.6 Å². The fraction of sp³-hybridized carbons (Fsp3) is 0.600. The Labute approximate surface area is 89.4 Å². The molecule has 1 aromatic heterocycles. The molecule has 14 heavy (non-hydrogen) atoms. The van der Waals surface area contributed by atoms with Gasteiger partial charge < -0.3 is 5.32 Å². The van der Waals surface area contributed by atoms with Crippen molar-refractivity contribution in [2.45, 2.75) is 33.2 Å². The van der Waals surface area contributed by atoms with Crippen LogP contribution in [0.2, 0.25) is 0 Å². The lowest BCUT2D eigenvalue weighted by molar-refractivity contribution is 0.627. The van der Waals surface area contributed by atoms with Gasteiger partial charge in [-0.25, -0.2) is 4.98 Å². The molecule has 4 heteroatoms. The first kappa shape index (κ1) is 11.2. The maximum Gasteiger partial charge on any atom is 0.203 e. The van der Waals surface area contributed by atoms with Crippen LogP contribution in [0.3, 0.4) is 0 Å². The predicted octanol–water partition coefficient (Wildman–Crippen LogP) is 2.72. The van der Waals surface area contributed by atoms with E-state index in [0.29, 0.717) is 5.92 Å². The van der Waals surface area contributed by atoms with Gasteiger partial charge in [-0.05, 0) is 12.8 Å². The third-order valence-electron chi connectivity index (χ3n) is 1.76. The number of aromatic nitrogens is 2. The van der Waals surface area contributed by atoms with E-state index >= 15 is 0 Å². The van der Waals surface area contributed by atoms with Gasteiger partial charge in [-0.1, -0.05) is 19.9 Å². The molecular weight excluding hydrogens is 194 g/mol. The highest BCUT2D eigenvalue weighted by Crippen LogP contribution is 2.14. The molecule has 0 spiro atoms. The van der Waals surface area contributed by atoms with Gasteiger partial charge in [0.2, 0.25) is 5.13 Å². The highest BCUT2D eigenvalue weighted by molar-refractivity contribution is 7.09. The van der Waals surface area contributed by atoms with Gasteiger partial charge in [0.25, 0.3) is 0 Å². The number of rotatable bonds is 5. The quantitative estimate of drug-likeness (QED) is 0.761. The van der Waals surface area contributed by atoms with Gasteiger partial charge in [-0.3, -0.25) is 0 Å². The fourth-order valence-electron chi connectivity index (χ4n) is 1.01. The molecule has 0 bridgehead atoms. The first-order valence-corrected chi connectivity index (χ1v) is 5.61. The zero-order valence-electron chi connectivity index (χ0n) is 8.95. The first-order valence-electron chi connectivity index (χ1n) is 4.83. The molecule has 0 saturated carbocycles. The lowest BCUT2D eigenvalue weighted by Crippen LogP contribution is -2.10. The highest BCUT2D eigenvalue weighted by Gasteiger charge is 2.06. The monoisotopic (exact) mass is 211 g/mol. The molecule has 0 fully saturated rings. The van der Waals surface area contributed by atoms with Gasteiger partial charge in [0, 0.05) is 24.0 Å². The maximum atomic E-state index is 4.39. The Morgan fingerprint density at radius 1 is 1.50 bits per heavy atom. The summed E-state index contributed by atoms with van der Waals surface area (Å²) in [6.45, 7) is 10.1. The van der Waals surface area contributed by atoms with Crippen molar-refractivity contribution in [2.75, 3.05) is 5.32 Å². The summed E-state index contributed by atoms with van der Waals surface area (Å²) in [4.78, 5) is 4.39. The molecule has 1 aromatic rings. The molecule has 0 amide bonds. The number of nitrogens with one attached hydrogen (secondary N) is 1. The van der Waals surface area contributed by atoms with Crippen molar-refractivity contribution in [3.05, 3.63) is 18.5 Å². The van der Waals surface area contributed by atoms with E-state index in [1.165, 1.54) is 11.5 Å². The van der Waals surface area contributed by atoms with Crippen LogP contribution in [-0.4, -0.2) is 15.4 Å². The minimum Gasteiger partial charge on any atom is -0.354 e. The normalized spacial score (nSPS) is 12.9. The minimum atomic E-state index is 0.245. The van der Waals surface area contributed by atoms with Crippen LogP contribution >= 0.6 is 11.5 Å². The molecule has 1 atom stereocenters. The lowest BCUT2D eigenvalue weighted by atomic mass is 10.1. The lowest BCUT2D eigenvalue weighted by Gasteiger charge is -2.05. The molecule has 0 aliphatic carbocycles. The van der Waals surface area contributed by atoms with Gasteiger partial charge in [0.05, 0.1) is 0 Å². The Kier molecular flexibility index (Phi) is 4.07. The van der Waals surface area contributed by atoms with Crippen molar-refractivity contribution >= 4 is 16.7 Å². The van der Waals surface area contributed by atoms with E-state index in [0.717, 1.165) is 17.4 Å². The number of nitrogens with zero attached hydrogens (tertiary/aromatic N) is 2. The zero-order chi connectivity index (χ0) is 10.6. The van der Waals surface area contributed by atoms with Crippen molar-refractivity contribution in [1.29, 1.82) is 0 Å². The fourth-order valence-corrected chi connectivity index (χ4v) is 1.71. The molecule has 0 aliphatic rings. The topological polar surface area (TPSA) is 37.8 Å². The van der Waals surface area contributed by atoms with E-state index in [1.54, 1.807) is 0 Å². The molecule has 0 radical (unpaired) electrons. The Balaban J connectivity index is 2.54. The van der Waals surface area contributed by atoms with E-state index in [-0.39, 0.29) is 6.04 Å². The first-order chi connectivity index (χ1) is 6.61. The molecule has 0 aliphatic heterocycles. The van der Waals surface area contributed by atoms with Gasteiger partial charge in [-0.15, -0.1) is 6.58 Å². The van der Waals surface area contributed by atoms with Crippen LogP contribution in [0.15, 0.2) is 12.7 Å². The molecule has 0 saturated heterocycles. The van der Waals surface area contributed by atoms with Crippen LogP contribution < -0.4 is 5.32 Å². The van der Waals surface area contributed by atoms with Crippen LogP contribution in [0.5, 0.6) is 0 Å². The molecule has 1 unspecified atom stereocenters. The minimum absolute atomic E-state index is 0.245. The predicted molar refractivity (Wildman–Crippen MR) is 61.7 cm³/mol. The molecule has 0 aromatic carbocycles. The summed E-state index contributed by atoms with van der Waals surface area (Å²) in [6.07, 6.45) is 2.80. The summed E-state index contributed by atoms with van der Waals surface area (Å²) in [5, 5.41) is 4.09. The second-order valence-electron chi connectivity index (χ2n) is 3.78. The maximum absolute atomic E-state index is 4.39. The van der Waals surface area contributed by atoms with Gasteiger partial charge in [0.15, 0.2) is 0 Å². The van der Waals surface area contributed by atoms with E-state index in [2.05, 4.69) is 35.1 Å². The Hall–Kier alpha value is -0.900. The third-order valence-corrected chi connectivity index (χ3v) is 2.45. The third kappa shape index (κ3) is 3.46. The second-order valence-corrected chi connectivity index (χ2v) is 4.53. The largest absolute Gasteiger partial charge is 0.354 e. The van der Waals surface area contributed by atoms with Crippen molar-refractivity contribution in [1.82, 2.24) is 9.36 Å². The van der Waals surface area contributed by atoms with E-state index in [1.807, 2.05) is 13.0 Å². The molecule has 3 nitrogen and oxygen atoms in total. The number of hydrogen-bond acceptors (Lipinski definition) is 4. The standard InChI is InChI=1S/C10H17N3S/c1-5-8(4)11-10-12-9(13-14-10)6-7(2)3/h5,7-8H,1,6H2,2-4H3,(H,11,12,13). The average Bonchev–Trinajstić information content (AvgIpc) is 2.51. The molecular formula is C10H17N3S. The Morgan fingerprint density at radius 3 is 2.79 bits per heavy atom. The summed E-state index contributed by atoms with van der Waals surface area (Å²) < 4.78 is 4.28. The van der Waals surface area contributed by atoms with Gasteiger partial charge >= 0.3 is 0 Å².